The molecule has 0 fully saturated rings. The van der Waals surface area contributed by atoms with Gasteiger partial charge in [0.05, 0.1) is 5.02 Å². The highest BCUT2D eigenvalue weighted by Gasteiger charge is 2.17. The summed E-state index contributed by atoms with van der Waals surface area (Å²) in [5.74, 6) is 5.80. The normalized spacial score (nSPS) is 10.7. The first-order valence-electron chi connectivity index (χ1n) is 9.15. The van der Waals surface area contributed by atoms with Gasteiger partial charge in [0.15, 0.2) is 0 Å². The molecule has 0 aliphatic rings. The molecule has 3 rings (SSSR count). The lowest BCUT2D eigenvalue weighted by Gasteiger charge is -2.09. The molecule has 2 N–H and O–H groups in total. The SMILES string of the molecule is O=C(CCNS(=O)(=O)c1ccccc1Cl)Nc1cccc(C#Cc2ccccc2)c1. The van der Waals surface area contributed by atoms with Gasteiger partial charge in [0.1, 0.15) is 4.90 Å². The van der Waals surface area contributed by atoms with Crippen molar-refractivity contribution in [3.05, 3.63) is 95.0 Å². The van der Waals surface area contributed by atoms with Gasteiger partial charge in [0, 0.05) is 29.8 Å². The number of sulfonamides is 1. The minimum atomic E-state index is -3.78. The second-order valence-corrected chi connectivity index (χ2v) is 8.47. The zero-order valence-corrected chi connectivity index (χ0v) is 17.5. The highest BCUT2D eigenvalue weighted by Crippen LogP contribution is 2.20. The Labute approximate surface area is 181 Å². The van der Waals surface area contributed by atoms with E-state index in [9.17, 15) is 13.2 Å². The smallest absolute Gasteiger partial charge is 0.242 e. The van der Waals surface area contributed by atoms with E-state index in [1.165, 1.54) is 12.1 Å². The van der Waals surface area contributed by atoms with Gasteiger partial charge in [-0.2, -0.15) is 0 Å². The van der Waals surface area contributed by atoms with Gasteiger partial charge in [-0.1, -0.05) is 59.8 Å². The van der Waals surface area contributed by atoms with Crippen LogP contribution in [0, 0.1) is 11.8 Å². The third-order valence-electron chi connectivity index (χ3n) is 4.04. The van der Waals surface area contributed by atoms with Crippen LogP contribution < -0.4 is 10.0 Å². The van der Waals surface area contributed by atoms with E-state index in [2.05, 4.69) is 21.9 Å². The number of carbonyl (C=O) groups excluding carboxylic acids is 1. The van der Waals surface area contributed by atoms with Crippen molar-refractivity contribution < 1.29 is 13.2 Å². The Morgan fingerprint density at radius 2 is 1.53 bits per heavy atom. The Morgan fingerprint density at radius 3 is 2.30 bits per heavy atom. The Morgan fingerprint density at radius 1 is 0.867 bits per heavy atom. The number of carbonyl (C=O) groups is 1. The summed E-state index contributed by atoms with van der Waals surface area (Å²) in [6.45, 7) is -0.0487. The molecule has 152 valence electrons. The topological polar surface area (TPSA) is 75.3 Å². The summed E-state index contributed by atoms with van der Waals surface area (Å²) >= 11 is 5.93. The molecule has 7 heteroatoms. The van der Waals surface area contributed by atoms with Crippen LogP contribution in [0.5, 0.6) is 0 Å². The van der Waals surface area contributed by atoms with Crippen molar-refractivity contribution in [2.45, 2.75) is 11.3 Å². The summed E-state index contributed by atoms with van der Waals surface area (Å²) in [5, 5.41) is 2.88. The maximum atomic E-state index is 12.3. The Balaban J connectivity index is 1.55. The third kappa shape index (κ3) is 6.19. The monoisotopic (exact) mass is 438 g/mol. The van der Waals surface area contributed by atoms with Crippen molar-refractivity contribution in [2.24, 2.45) is 0 Å². The summed E-state index contributed by atoms with van der Waals surface area (Å²) in [6.07, 6.45) is -0.0242. The first kappa shape index (κ1) is 21.6. The van der Waals surface area contributed by atoms with Crippen LogP contribution in [0.2, 0.25) is 5.02 Å². The molecule has 0 unspecified atom stereocenters. The predicted octanol–water partition coefficient (Wildman–Crippen LogP) is 4.05. The molecule has 30 heavy (non-hydrogen) atoms. The molecule has 0 bridgehead atoms. The van der Waals surface area contributed by atoms with Crippen molar-refractivity contribution in [3.63, 3.8) is 0 Å². The molecule has 0 heterocycles. The first-order valence-corrected chi connectivity index (χ1v) is 11.0. The van der Waals surface area contributed by atoms with E-state index in [1.54, 1.807) is 30.3 Å². The number of amides is 1. The summed E-state index contributed by atoms with van der Waals surface area (Å²) in [6, 6.07) is 22.9. The van der Waals surface area contributed by atoms with E-state index in [-0.39, 0.29) is 28.8 Å². The largest absolute Gasteiger partial charge is 0.326 e. The molecule has 0 aliphatic heterocycles. The number of hydrogen-bond donors (Lipinski definition) is 2. The van der Waals surface area contributed by atoms with Crippen molar-refractivity contribution in [1.82, 2.24) is 4.72 Å². The van der Waals surface area contributed by atoms with Crippen molar-refractivity contribution >= 4 is 33.2 Å². The van der Waals surface area contributed by atoms with Crippen molar-refractivity contribution in [1.29, 1.82) is 0 Å². The standard InChI is InChI=1S/C23H19ClN2O3S/c24-21-11-4-5-12-22(21)30(28,29)25-16-15-23(27)26-20-10-6-9-19(17-20)14-13-18-7-2-1-3-8-18/h1-12,17,25H,15-16H2,(H,26,27). The molecule has 3 aromatic rings. The summed E-state index contributed by atoms with van der Waals surface area (Å²) in [4.78, 5) is 12.2. The van der Waals surface area contributed by atoms with Gasteiger partial charge in [0.2, 0.25) is 15.9 Å². The molecular weight excluding hydrogens is 420 g/mol. The lowest BCUT2D eigenvalue weighted by molar-refractivity contribution is -0.116. The van der Waals surface area contributed by atoms with Crippen LogP contribution >= 0.6 is 11.6 Å². The van der Waals surface area contributed by atoms with Gasteiger partial charge >= 0.3 is 0 Å². The van der Waals surface area contributed by atoms with Crippen LogP contribution in [0.3, 0.4) is 0 Å². The van der Waals surface area contributed by atoms with E-state index in [0.29, 0.717) is 5.69 Å². The fourth-order valence-electron chi connectivity index (χ4n) is 2.60. The maximum Gasteiger partial charge on any atom is 0.242 e. The van der Waals surface area contributed by atoms with E-state index >= 15 is 0 Å². The molecule has 0 saturated carbocycles. The predicted molar refractivity (Wildman–Crippen MR) is 119 cm³/mol. The number of benzene rings is 3. The molecule has 0 radical (unpaired) electrons. The fourth-order valence-corrected chi connectivity index (χ4v) is 4.15. The first-order chi connectivity index (χ1) is 14.4. The summed E-state index contributed by atoms with van der Waals surface area (Å²) in [7, 11) is -3.78. The maximum absolute atomic E-state index is 12.3. The summed E-state index contributed by atoms with van der Waals surface area (Å²) in [5.41, 5.74) is 2.25. The van der Waals surface area contributed by atoms with Crippen LogP contribution in [0.15, 0.2) is 83.8 Å². The van der Waals surface area contributed by atoms with Gasteiger partial charge in [-0.25, -0.2) is 13.1 Å². The summed E-state index contributed by atoms with van der Waals surface area (Å²) < 4.78 is 27.0. The zero-order valence-electron chi connectivity index (χ0n) is 15.9. The lowest BCUT2D eigenvalue weighted by atomic mass is 10.1. The molecule has 1 amide bonds. The van der Waals surface area contributed by atoms with Gasteiger partial charge in [-0.05, 0) is 42.5 Å². The highest BCUT2D eigenvalue weighted by atomic mass is 35.5. The van der Waals surface area contributed by atoms with Crippen LogP contribution in [0.1, 0.15) is 17.5 Å². The molecule has 0 aliphatic carbocycles. The number of hydrogen-bond acceptors (Lipinski definition) is 3. The average Bonchev–Trinajstić information content (AvgIpc) is 2.73. The Hall–Kier alpha value is -3.11. The quantitative estimate of drug-likeness (QED) is 0.570. The zero-order chi connectivity index (χ0) is 21.4. The van der Waals surface area contributed by atoms with Gasteiger partial charge in [-0.3, -0.25) is 4.79 Å². The number of halogens is 1. The average molecular weight is 439 g/mol. The van der Waals surface area contributed by atoms with E-state index < -0.39 is 10.0 Å². The van der Waals surface area contributed by atoms with Gasteiger partial charge in [0.25, 0.3) is 0 Å². The van der Waals surface area contributed by atoms with Gasteiger partial charge < -0.3 is 5.32 Å². The van der Waals surface area contributed by atoms with Crippen molar-refractivity contribution in [2.75, 3.05) is 11.9 Å². The molecular formula is C23H19ClN2O3S. The van der Waals surface area contributed by atoms with Crippen LogP contribution in [-0.2, 0) is 14.8 Å². The number of rotatable bonds is 6. The minimum absolute atomic E-state index is 0.0169. The van der Waals surface area contributed by atoms with Gasteiger partial charge in [-0.15, -0.1) is 0 Å². The molecule has 0 spiro atoms. The molecule has 0 aromatic heterocycles. The Bertz CT molecular complexity index is 1200. The second kappa shape index (κ2) is 10.1. The minimum Gasteiger partial charge on any atom is -0.326 e. The number of anilines is 1. The molecule has 3 aromatic carbocycles. The van der Waals surface area contributed by atoms with E-state index in [4.69, 9.17) is 11.6 Å². The molecule has 0 atom stereocenters. The van der Waals surface area contributed by atoms with Crippen LogP contribution in [0.4, 0.5) is 5.69 Å². The van der Waals surface area contributed by atoms with Crippen LogP contribution in [-0.4, -0.2) is 20.9 Å². The van der Waals surface area contributed by atoms with Crippen LogP contribution in [0.25, 0.3) is 0 Å². The second-order valence-electron chi connectivity index (χ2n) is 6.32. The van der Waals surface area contributed by atoms with E-state index in [0.717, 1.165) is 11.1 Å². The highest BCUT2D eigenvalue weighted by molar-refractivity contribution is 7.89. The van der Waals surface area contributed by atoms with Crippen molar-refractivity contribution in [3.8, 4) is 11.8 Å². The lowest BCUT2D eigenvalue weighted by Crippen LogP contribution is -2.28. The molecule has 5 nitrogen and oxygen atoms in total. The molecule has 0 saturated heterocycles. The Kier molecular flexibility index (Phi) is 7.26. The fraction of sp³-hybridized carbons (Fsp3) is 0.0870. The van der Waals surface area contributed by atoms with E-state index in [1.807, 2.05) is 36.4 Å². The number of nitrogens with one attached hydrogen (secondary N) is 2. The third-order valence-corrected chi connectivity index (χ3v) is 6.00.